The zero-order chi connectivity index (χ0) is 22.5. The summed E-state index contributed by atoms with van der Waals surface area (Å²) in [5.41, 5.74) is 2.54. The summed E-state index contributed by atoms with van der Waals surface area (Å²) in [5, 5.41) is 23.1. The summed E-state index contributed by atoms with van der Waals surface area (Å²) in [6, 6.07) is 21.0. The number of aliphatic hydroxyl groups excluding tert-OH is 1. The molecule has 0 spiro atoms. The molecule has 0 radical (unpaired) electrons. The van der Waals surface area contributed by atoms with Crippen LogP contribution in [0.4, 0.5) is 10.2 Å². The number of aliphatic hydroxyl groups is 1. The van der Waals surface area contributed by atoms with Crippen LogP contribution in [-0.2, 0) is 11.2 Å². The van der Waals surface area contributed by atoms with Crippen LogP contribution in [0.3, 0.4) is 0 Å². The van der Waals surface area contributed by atoms with E-state index in [9.17, 15) is 19.4 Å². The lowest BCUT2D eigenvalue weighted by Gasteiger charge is -2.16. The Morgan fingerprint density at radius 3 is 2.34 bits per heavy atom. The highest BCUT2D eigenvalue weighted by atomic mass is 19.1. The van der Waals surface area contributed by atoms with Crippen LogP contribution in [0, 0.1) is 5.82 Å². The van der Waals surface area contributed by atoms with E-state index in [0.717, 1.165) is 0 Å². The lowest BCUT2D eigenvalue weighted by atomic mass is 10.1. The summed E-state index contributed by atoms with van der Waals surface area (Å²) in [5.74, 6) is -0.467. The van der Waals surface area contributed by atoms with Gasteiger partial charge in [-0.1, -0.05) is 42.5 Å². The van der Waals surface area contributed by atoms with E-state index in [1.165, 1.54) is 30.5 Å². The van der Waals surface area contributed by atoms with E-state index in [4.69, 9.17) is 0 Å². The SMILES string of the molecule is O=C(Cc1ccc(O)cc1)Nc1ncc(-c2ccc(F)cc2)nc1C(O)c1ccccc1. The van der Waals surface area contributed by atoms with Crippen molar-refractivity contribution in [3.8, 4) is 17.0 Å². The van der Waals surface area contributed by atoms with E-state index < -0.39 is 6.10 Å². The molecule has 32 heavy (non-hydrogen) atoms. The molecule has 1 aromatic heterocycles. The molecule has 0 aliphatic heterocycles. The number of anilines is 1. The molecular weight excluding hydrogens is 409 g/mol. The maximum Gasteiger partial charge on any atom is 0.229 e. The molecule has 0 fully saturated rings. The van der Waals surface area contributed by atoms with Gasteiger partial charge in [0.1, 0.15) is 23.4 Å². The molecule has 4 aromatic rings. The second-order valence-electron chi connectivity index (χ2n) is 7.20. The summed E-state index contributed by atoms with van der Waals surface area (Å²) in [6.45, 7) is 0. The molecule has 1 heterocycles. The third kappa shape index (κ3) is 4.96. The van der Waals surface area contributed by atoms with Crippen LogP contribution in [-0.4, -0.2) is 26.1 Å². The fourth-order valence-electron chi connectivity index (χ4n) is 3.22. The number of aromatic hydroxyl groups is 1. The molecule has 0 saturated carbocycles. The van der Waals surface area contributed by atoms with Gasteiger partial charge in [-0.25, -0.2) is 14.4 Å². The van der Waals surface area contributed by atoms with Gasteiger partial charge in [-0.15, -0.1) is 0 Å². The van der Waals surface area contributed by atoms with Crippen molar-refractivity contribution in [3.05, 3.63) is 108 Å². The lowest BCUT2D eigenvalue weighted by Crippen LogP contribution is -2.19. The number of hydrogen-bond acceptors (Lipinski definition) is 5. The number of carbonyl (C=O) groups excluding carboxylic acids is 1. The third-order valence-electron chi connectivity index (χ3n) is 4.87. The highest BCUT2D eigenvalue weighted by molar-refractivity contribution is 5.92. The summed E-state index contributed by atoms with van der Waals surface area (Å²) < 4.78 is 13.3. The summed E-state index contributed by atoms with van der Waals surface area (Å²) in [4.78, 5) is 21.5. The number of halogens is 1. The number of phenolic OH excluding ortho intramolecular Hbond substituents is 1. The Hall–Kier alpha value is -4.10. The smallest absolute Gasteiger partial charge is 0.229 e. The molecule has 0 bridgehead atoms. The standard InChI is InChI=1S/C25H20FN3O3/c26-19-10-8-17(9-11-19)21-15-27-25(23(28-21)24(32)18-4-2-1-3-5-18)29-22(31)14-16-6-12-20(30)13-7-16/h1-13,15,24,30,32H,14H2,(H,27,29,31). The van der Waals surface area contributed by atoms with Crippen molar-refractivity contribution in [2.24, 2.45) is 0 Å². The van der Waals surface area contributed by atoms with Gasteiger partial charge < -0.3 is 15.5 Å². The molecule has 0 aliphatic rings. The Bertz CT molecular complexity index is 1210. The fraction of sp³-hybridized carbons (Fsp3) is 0.0800. The van der Waals surface area contributed by atoms with Crippen molar-refractivity contribution in [2.75, 3.05) is 5.32 Å². The number of phenols is 1. The van der Waals surface area contributed by atoms with Crippen LogP contribution in [0.2, 0.25) is 0 Å². The molecule has 1 unspecified atom stereocenters. The van der Waals surface area contributed by atoms with Crippen LogP contribution in [0.5, 0.6) is 5.75 Å². The maximum atomic E-state index is 13.3. The average Bonchev–Trinajstić information content (AvgIpc) is 2.81. The topological polar surface area (TPSA) is 95.3 Å². The number of carbonyl (C=O) groups is 1. The first kappa shape index (κ1) is 21.1. The number of amides is 1. The number of aromatic nitrogens is 2. The summed E-state index contributed by atoms with van der Waals surface area (Å²) in [7, 11) is 0. The van der Waals surface area contributed by atoms with Gasteiger partial charge in [0.05, 0.1) is 18.3 Å². The van der Waals surface area contributed by atoms with Crippen LogP contribution in [0.25, 0.3) is 11.3 Å². The van der Waals surface area contributed by atoms with Crippen molar-refractivity contribution in [1.82, 2.24) is 9.97 Å². The number of hydrogen-bond donors (Lipinski definition) is 3. The summed E-state index contributed by atoms with van der Waals surface area (Å²) >= 11 is 0. The Balaban J connectivity index is 1.66. The van der Waals surface area contributed by atoms with Gasteiger partial charge in [0.25, 0.3) is 0 Å². The number of benzene rings is 3. The van der Waals surface area contributed by atoms with Crippen LogP contribution >= 0.6 is 0 Å². The Morgan fingerprint density at radius 2 is 1.66 bits per heavy atom. The summed E-state index contributed by atoms with van der Waals surface area (Å²) in [6.07, 6.45) is 0.390. The zero-order valence-corrected chi connectivity index (χ0v) is 16.9. The lowest BCUT2D eigenvalue weighted by molar-refractivity contribution is -0.115. The molecule has 7 heteroatoms. The van der Waals surface area contributed by atoms with Crippen molar-refractivity contribution in [3.63, 3.8) is 0 Å². The molecule has 1 atom stereocenters. The molecule has 0 saturated heterocycles. The van der Waals surface area contributed by atoms with Gasteiger partial charge in [-0.05, 0) is 47.5 Å². The fourth-order valence-corrected chi connectivity index (χ4v) is 3.22. The van der Waals surface area contributed by atoms with E-state index >= 15 is 0 Å². The minimum absolute atomic E-state index is 0.0581. The van der Waals surface area contributed by atoms with Gasteiger partial charge in [-0.3, -0.25) is 4.79 Å². The molecule has 6 nitrogen and oxygen atoms in total. The highest BCUT2D eigenvalue weighted by Gasteiger charge is 2.20. The monoisotopic (exact) mass is 429 g/mol. The molecule has 160 valence electrons. The maximum absolute atomic E-state index is 13.3. The molecule has 3 N–H and O–H groups in total. The number of nitrogens with one attached hydrogen (secondary N) is 1. The van der Waals surface area contributed by atoms with Gasteiger partial charge in [0, 0.05) is 5.56 Å². The third-order valence-corrected chi connectivity index (χ3v) is 4.87. The second kappa shape index (κ2) is 9.36. The van der Waals surface area contributed by atoms with Crippen LogP contribution in [0.15, 0.2) is 85.1 Å². The van der Waals surface area contributed by atoms with Gasteiger partial charge in [0.2, 0.25) is 5.91 Å². The minimum Gasteiger partial charge on any atom is -0.508 e. The quantitative estimate of drug-likeness (QED) is 0.426. The predicted octanol–water partition coefficient (Wildman–Crippen LogP) is 4.25. The van der Waals surface area contributed by atoms with Crippen molar-refractivity contribution in [1.29, 1.82) is 0 Å². The first-order valence-electron chi connectivity index (χ1n) is 9.93. The van der Waals surface area contributed by atoms with E-state index in [-0.39, 0.29) is 35.4 Å². The van der Waals surface area contributed by atoms with Gasteiger partial charge in [-0.2, -0.15) is 0 Å². The second-order valence-corrected chi connectivity index (χ2v) is 7.20. The minimum atomic E-state index is -1.13. The van der Waals surface area contributed by atoms with Crippen molar-refractivity contribution >= 4 is 11.7 Å². The largest absolute Gasteiger partial charge is 0.508 e. The Morgan fingerprint density at radius 1 is 0.969 bits per heavy atom. The Kier molecular flexibility index (Phi) is 6.19. The average molecular weight is 429 g/mol. The first-order valence-corrected chi connectivity index (χ1v) is 9.93. The van der Waals surface area contributed by atoms with Crippen molar-refractivity contribution in [2.45, 2.75) is 12.5 Å². The zero-order valence-electron chi connectivity index (χ0n) is 16.9. The molecule has 1 amide bonds. The van der Waals surface area contributed by atoms with Crippen molar-refractivity contribution < 1.29 is 19.4 Å². The normalized spacial score (nSPS) is 11.7. The highest BCUT2D eigenvalue weighted by Crippen LogP contribution is 2.28. The van der Waals surface area contributed by atoms with Crippen LogP contribution in [0.1, 0.15) is 22.9 Å². The molecule has 4 rings (SSSR count). The van der Waals surface area contributed by atoms with E-state index in [2.05, 4.69) is 15.3 Å². The first-order chi connectivity index (χ1) is 15.5. The Labute approximate surface area is 184 Å². The molecule has 3 aromatic carbocycles. The van der Waals surface area contributed by atoms with E-state index in [1.807, 2.05) is 6.07 Å². The molecular formula is C25H20FN3O3. The van der Waals surface area contributed by atoms with E-state index in [0.29, 0.717) is 22.4 Å². The van der Waals surface area contributed by atoms with Gasteiger partial charge >= 0.3 is 0 Å². The van der Waals surface area contributed by atoms with Crippen LogP contribution < -0.4 is 5.32 Å². The molecule has 0 aliphatic carbocycles. The number of nitrogens with zero attached hydrogens (tertiary/aromatic N) is 2. The van der Waals surface area contributed by atoms with Gasteiger partial charge in [0.15, 0.2) is 5.82 Å². The van der Waals surface area contributed by atoms with E-state index in [1.54, 1.807) is 48.5 Å². The number of rotatable bonds is 6. The predicted molar refractivity (Wildman–Crippen MR) is 118 cm³/mol.